The summed E-state index contributed by atoms with van der Waals surface area (Å²) < 4.78 is 0.727. The van der Waals surface area contributed by atoms with Gasteiger partial charge in [0, 0.05) is 16.3 Å². The Bertz CT molecular complexity index is 1460. The van der Waals surface area contributed by atoms with Crippen LogP contribution in [0.5, 0.6) is 0 Å². The van der Waals surface area contributed by atoms with Crippen molar-refractivity contribution >= 4 is 55.6 Å². The first-order valence-corrected chi connectivity index (χ1v) is 8.11. The van der Waals surface area contributed by atoms with Gasteiger partial charge in [-0.2, -0.15) is 0 Å². The maximum absolute atomic E-state index is 12.6. The molecule has 5 aromatic rings. The van der Waals surface area contributed by atoms with Gasteiger partial charge in [-0.15, -0.1) is 0 Å². The third kappa shape index (κ3) is 1.38. The number of benzene rings is 2. The van der Waals surface area contributed by atoms with Crippen LogP contribution in [0.15, 0.2) is 42.6 Å². The fourth-order valence-electron chi connectivity index (χ4n) is 4.10. The monoisotopic (exact) mass is 342 g/mol. The average molecular weight is 342 g/mol. The predicted molar refractivity (Wildman–Crippen MR) is 95.9 cm³/mol. The van der Waals surface area contributed by atoms with E-state index in [-0.39, 0.29) is 0 Å². The number of hydrogen-bond donors (Lipinski definition) is 3. The van der Waals surface area contributed by atoms with E-state index >= 15 is 0 Å². The molecule has 7 nitrogen and oxygen atoms in total. The molecule has 1 aliphatic rings. The largest absolute Gasteiger partial charge is 0.711 e. The number of H-pyrrole nitrogens is 2. The summed E-state index contributed by atoms with van der Waals surface area (Å²) in [4.78, 5) is 31.6. The average Bonchev–Trinajstić information content (AvgIpc) is 3.27. The van der Waals surface area contributed by atoms with E-state index in [9.17, 15) is 14.8 Å². The first-order chi connectivity index (χ1) is 12.6. The van der Waals surface area contributed by atoms with Crippen molar-refractivity contribution in [2.45, 2.75) is 0 Å². The zero-order valence-electron chi connectivity index (χ0n) is 13.2. The number of para-hydroxylation sites is 1. The van der Waals surface area contributed by atoms with Gasteiger partial charge in [-0.3, -0.25) is 14.9 Å². The molecule has 2 amide bonds. The summed E-state index contributed by atoms with van der Waals surface area (Å²) in [5.74, 6) is -0.855. The van der Waals surface area contributed by atoms with Gasteiger partial charge in [0.15, 0.2) is 5.52 Å². The fourth-order valence-corrected chi connectivity index (χ4v) is 4.10. The summed E-state index contributed by atoms with van der Waals surface area (Å²) in [6.07, 6.45) is 1.39. The highest BCUT2D eigenvalue weighted by atomic mass is 16.5. The van der Waals surface area contributed by atoms with E-state index in [4.69, 9.17) is 0 Å². The van der Waals surface area contributed by atoms with Crippen LogP contribution in [0.25, 0.3) is 43.7 Å². The van der Waals surface area contributed by atoms with E-state index in [2.05, 4.69) is 15.3 Å². The van der Waals surface area contributed by atoms with Crippen LogP contribution in [-0.4, -0.2) is 21.8 Å². The fraction of sp³-hybridized carbons (Fsp3) is 0. The van der Waals surface area contributed by atoms with E-state index in [1.165, 1.54) is 6.20 Å². The third-order valence-electron chi connectivity index (χ3n) is 5.11. The summed E-state index contributed by atoms with van der Waals surface area (Å²) >= 11 is 0. The van der Waals surface area contributed by atoms with E-state index < -0.39 is 11.8 Å². The molecule has 26 heavy (non-hydrogen) atoms. The highest BCUT2D eigenvalue weighted by Crippen LogP contribution is 2.41. The maximum Gasteiger partial charge on any atom is 0.290 e. The molecular formula is C19H10N4O3. The van der Waals surface area contributed by atoms with Gasteiger partial charge in [0.05, 0.1) is 33.6 Å². The van der Waals surface area contributed by atoms with Gasteiger partial charge in [-0.25, -0.2) is 9.71 Å². The Morgan fingerprint density at radius 3 is 2.27 bits per heavy atom. The normalized spacial score (nSPS) is 14.0. The Kier molecular flexibility index (Phi) is 2.17. The molecule has 124 valence electrons. The molecule has 3 N–H and O–H groups in total. The number of nitrogens with zero attached hydrogens (tertiary/aromatic N) is 1. The Morgan fingerprint density at radius 2 is 1.46 bits per heavy atom. The van der Waals surface area contributed by atoms with Crippen LogP contribution >= 0.6 is 0 Å². The summed E-state index contributed by atoms with van der Waals surface area (Å²) in [6, 6.07) is 11.0. The first kappa shape index (κ1) is 13.4. The zero-order valence-corrected chi connectivity index (χ0v) is 13.2. The lowest BCUT2D eigenvalue weighted by Crippen LogP contribution is -2.25. The molecule has 2 aromatic carbocycles. The molecule has 0 aliphatic carbocycles. The number of carbonyl (C=O) groups excluding carboxylic acids is 2. The third-order valence-corrected chi connectivity index (χ3v) is 5.11. The molecule has 6 rings (SSSR count). The van der Waals surface area contributed by atoms with Crippen molar-refractivity contribution in [3.63, 3.8) is 0 Å². The quantitative estimate of drug-likeness (QED) is 0.229. The van der Waals surface area contributed by atoms with Gasteiger partial charge < -0.3 is 10.2 Å². The Hall–Kier alpha value is -3.87. The van der Waals surface area contributed by atoms with E-state index in [1.807, 2.05) is 24.3 Å². The number of imide groups is 1. The molecule has 0 saturated carbocycles. The lowest BCUT2D eigenvalue weighted by Gasteiger charge is -2.01. The SMILES string of the molecule is O=C1NC(=O)c2c1c1c3ccccc3[nH]c1c1[nH]c3c(ccc[n+]3[O-])c21. The number of pyridine rings is 1. The Morgan fingerprint density at radius 1 is 0.808 bits per heavy atom. The van der Waals surface area contributed by atoms with Crippen molar-refractivity contribution in [2.24, 2.45) is 0 Å². The van der Waals surface area contributed by atoms with Crippen molar-refractivity contribution in [1.29, 1.82) is 0 Å². The standard InChI is InChI=1S/C19H10N4O3/c24-18-13-11-8-4-1-2-6-10(8)20-15(11)16-12(14(13)19(25)22-18)9-5-3-7-23(26)17(9)21-16/h1-7,20-21H,(H,22,24,25). The van der Waals surface area contributed by atoms with Crippen LogP contribution in [0.4, 0.5) is 0 Å². The second-order valence-electron chi connectivity index (χ2n) is 6.43. The zero-order chi connectivity index (χ0) is 17.6. The molecule has 0 bridgehead atoms. The molecule has 0 fully saturated rings. The molecule has 7 heteroatoms. The van der Waals surface area contributed by atoms with Crippen LogP contribution < -0.4 is 10.0 Å². The van der Waals surface area contributed by atoms with Gasteiger partial charge in [0.25, 0.3) is 17.5 Å². The van der Waals surface area contributed by atoms with E-state index in [1.54, 1.807) is 12.1 Å². The number of carbonyl (C=O) groups is 2. The second kappa shape index (κ2) is 4.20. The molecule has 3 aromatic heterocycles. The molecule has 4 heterocycles. The molecule has 0 radical (unpaired) electrons. The number of nitrogens with one attached hydrogen (secondary N) is 3. The number of aromatic amines is 2. The number of rotatable bonds is 0. The molecule has 0 atom stereocenters. The predicted octanol–water partition coefficient (Wildman–Crippen LogP) is 2.47. The lowest BCUT2D eigenvalue weighted by atomic mass is 9.97. The van der Waals surface area contributed by atoms with Crippen LogP contribution in [0.1, 0.15) is 20.7 Å². The summed E-state index contributed by atoms with van der Waals surface area (Å²) in [6.45, 7) is 0. The van der Waals surface area contributed by atoms with Crippen LogP contribution in [0, 0.1) is 5.21 Å². The number of aromatic nitrogens is 3. The highest BCUT2D eigenvalue weighted by molar-refractivity contribution is 6.38. The first-order valence-electron chi connectivity index (χ1n) is 8.11. The summed E-state index contributed by atoms with van der Waals surface area (Å²) in [5, 5.41) is 17.4. The molecule has 0 unspecified atom stereocenters. The summed E-state index contributed by atoms with van der Waals surface area (Å²) in [7, 11) is 0. The topological polar surface area (TPSA) is 105 Å². The minimum atomic E-state index is -0.440. The smallest absolute Gasteiger partial charge is 0.290 e. The minimum Gasteiger partial charge on any atom is -0.711 e. The van der Waals surface area contributed by atoms with Gasteiger partial charge in [0.1, 0.15) is 0 Å². The van der Waals surface area contributed by atoms with Crippen LogP contribution in [0.2, 0.25) is 0 Å². The van der Waals surface area contributed by atoms with Gasteiger partial charge in [0.2, 0.25) is 0 Å². The molecular weight excluding hydrogens is 332 g/mol. The van der Waals surface area contributed by atoms with Crippen molar-refractivity contribution in [3.8, 4) is 0 Å². The van der Waals surface area contributed by atoms with Crippen LogP contribution in [0.3, 0.4) is 0 Å². The molecule has 0 saturated heterocycles. The van der Waals surface area contributed by atoms with Crippen molar-refractivity contribution < 1.29 is 14.3 Å². The molecule has 1 aliphatic heterocycles. The van der Waals surface area contributed by atoms with E-state index in [0.29, 0.717) is 44.0 Å². The maximum atomic E-state index is 12.6. The van der Waals surface area contributed by atoms with Gasteiger partial charge >= 0.3 is 0 Å². The van der Waals surface area contributed by atoms with Gasteiger partial charge in [-0.05, 0) is 18.2 Å². The minimum absolute atomic E-state index is 0.319. The number of fused-ring (bicyclic) bond motifs is 10. The lowest BCUT2D eigenvalue weighted by molar-refractivity contribution is -0.578. The highest BCUT2D eigenvalue weighted by Gasteiger charge is 2.36. The van der Waals surface area contributed by atoms with Crippen molar-refractivity contribution in [2.75, 3.05) is 0 Å². The number of amides is 2. The second-order valence-corrected chi connectivity index (χ2v) is 6.43. The van der Waals surface area contributed by atoms with E-state index in [0.717, 1.165) is 15.6 Å². The van der Waals surface area contributed by atoms with Crippen molar-refractivity contribution in [3.05, 3.63) is 58.9 Å². The van der Waals surface area contributed by atoms with Gasteiger partial charge in [-0.1, -0.05) is 18.2 Å². The van der Waals surface area contributed by atoms with Crippen molar-refractivity contribution in [1.82, 2.24) is 15.3 Å². The Balaban J connectivity index is 2.03. The Labute approximate surface area is 144 Å². The number of hydrogen-bond acceptors (Lipinski definition) is 3. The van der Waals surface area contributed by atoms with Crippen LogP contribution in [-0.2, 0) is 0 Å². The summed E-state index contributed by atoms with van der Waals surface area (Å²) in [5.41, 5.74) is 3.24. The molecule has 0 spiro atoms.